The first kappa shape index (κ1) is 21.9. The lowest BCUT2D eigenvalue weighted by atomic mass is 10.2. The van der Waals surface area contributed by atoms with Gasteiger partial charge < -0.3 is 4.74 Å². The molecule has 164 valence electrons. The maximum atomic E-state index is 13.0. The summed E-state index contributed by atoms with van der Waals surface area (Å²) in [5.74, 6) is 0.347. The van der Waals surface area contributed by atoms with E-state index in [0.717, 1.165) is 16.3 Å². The van der Waals surface area contributed by atoms with E-state index in [0.29, 0.717) is 45.1 Å². The fraction of sp³-hybridized carbons (Fsp3) is 0.318. The van der Waals surface area contributed by atoms with Crippen molar-refractivity contribution in [1.29, 1.82) is 0 Å². The van der Waals surface area contributed by atoms with Crippen LogP contribution in [0.2, 0.25) is 0 Å². The van der Waals surface area contributed by atoms with E-state index in [4.69, 9.17) is 4.74 Å². The van der Waals surface area contributed by atoms with Crippen LogP contribution in [0.5, 0.6) is 5.75 Å². The minimum Gasteiger partial charge on any atom is -0.486 e. The number of sulfonamides is 1. The lowest BCUT2D eigenvalue weighted by Gasteiger charge is -2.33. The standard InChI is InChI=1S/C22H24FN3O3S2/c23-19-6-8-21(9-7-19)29-15-22-24-20(16-30-22)14-25-10-12-26(13-11-25)31(27,28)17-18-4-2-1-3-5-18/h1-9,16H,10-15,17H2. The quantitative estimate of drug-likeness (QED) is 0.514. The summed E-state index contributed by atoms with van der Waals surface area (Å²) < 4.78 is 45.6. The molecule has 1 saturated heterocycles. The molecule has 0 atom stereocenters. The fourth-order valence-electron chi connectivity index (χ4n) is 3.43. The van der Waals surface area contributed by atoms with Gasteiger partial charge in [-0.2, -0.15) is 4.31 Å². The van der Waals surface area contributed by atoms with Gasteiger partial charge in [-0.25, -0.2) is 17.8 Å². The molecule has 1 fully saturated rings. The van der Waals surface area contributed by atoms with Crippen LogP contribution < -0.4 is 4.74 Å². The van der Waals surface area contributed by atoms with Crippen LogP contribution in [0.4, 0.5) is 4.39 Å². The Morgan fingerprint density at radius 2 is 1.71 bits per heavy atom. The molecule has 9 heteroatoms. The number of nitrogens with zero attached hydrogens (tertiary/aromatic N) is 3. The van der Waals surface area contributed by atoms with Gasteiger partial charge in [0.2, 0.25) is 10.0 Å². The maximum absolute atomic E-state index is 13.0. The van der Waals surface area contributed by atoms with Crippen molar-refractivity contribution < 1.29 is 17.5 Å². The Kier molecular flexibility index (Phi) is 6.96. The predicted molar refractivity (Wildman–Crippen MR) is 119 cm³/mol. The normalized spacial score (nSPS) is 15.8. The summed E-state index contributed by atoms with van der Waals surface area (Å²) in [6.45, 7) is 3.33. The third-order valence-corrected chi connectivity index (χ3v) is 7.80. The molecule has 0 spiro atoms. The molecule has 0 radical (unpaired) electrons. The first-order valence-corrected chi connectivity index (χ1v) is 12.5. The second-order valence-electron chi connectivity index (χ2n) is 7.39. The number of benzene rings is 2. The van der Waals surface area contributed by atoms with Gasteiger partial charge in [-0.05, 0) is 29.8 Å². The van der Waals surface area contributed by atoms with Crippen LogP contribution in [0.3, 0.4) is 0 Å². The SMILES string of the molecule is O=S(=O)(Cc1ccccc1)N1CCN(Cc2csc(COc3ccc(F)cc3)n2)CC1. The van der Waals surface area contributed by atoms with E-state index >= 15 is 0 Å². The molecule has 4 rings (SSSR count). The summed E-state index contributed by atoms with van der Waals surface area (Å²) in [5, 5.41) is 2.85. The highest BCUT2D eigenvalue weighted by atomic mass is 32.2. The van der Waals surface area contributed by atoms with Crippen molar-refractivity contribution in [2.24, 2.45) is 0 Å². The van der Waals surface area contributed by atoms with E-state index in [1.54, 1.807) is 16.4 Å². The minimum atomic E-state index is -3.31. The zero-order valence-corrected chi connectivity index (χ0v) is 18.6. The van der Waals surface area contributed by atoms with Gasteiger partial charge in [0.1, 0.15) is 23.2 Å². The first-order valence-electron chi connectivity index (χ1n) is 10.0. The molecule has 3 aromatic rings. The molecule has 1 aromatic heterocycles. The Morgan fingerprint density at radius 3 is 2.42 bits per heavy atom. The monoisotopic (exact) mass is 461 g/mol. The summed E-state index contributed by atoms with van der Waals surface area (Å²) in [6, 6.07) is 15.2. The van der Waals surface area contributed by atoms with Gasteiger partial charge in [0.05, 0.1) is 11.4 Å². The first-order chi connectivity index (χ1) is 15.0. The molecule has 0 unspecified atom stereocenters. The Morgan fingerprint density at radius 1 is 1.00 bits per heavy atom. The largest absolute Gasteiger partial charge is 0.486 e. The van der Waals surface area contributed by atoms with Crippen LogP contribution in [0, 0.1) is 5.82 Å². The highest BCUT2D eigenvalue weighted by Gasteiger charge is 2.27. The number of thiazole rings is 1. The van der Waals surface area contributed by atoms with E-state index in [1.807, 2.05) is 35.7 Å². The summed E-state index contributed by atoms with van der Waals surface area (Å²) in [6.07, 6.45) is 0. The fourth-order valence-corrected chi connectivity index (χ4v) is 5.65. The Labute approximate surface area is 186 Å². The van der Waals surface area contributed by atoms with E-state index < -0.39 is 10.0 Å². The third-order valence-electron chi connectivity index (χ3n) is 5.08. The van der Waals surface area contributed by atoms with Gasteiger partial charge >= 0.3 is 0 Å². The number of rotatable bonds is 8. The van der Waals surface area contributed by atoms with Crippen molar-refractivity contribution in [1.82, 2.24) is 14.2 Å². The summed E-state index contributed by atoms with van der Waals surface area (Å²) >= 11 is 1.52. The van der Waals surface area contributed by atoms with Gasteiger partial charge in [0.25, 0.3) is 0 Å². The molecule has 0 bridgehead atoms. The molecular formula is C22H24FN3O3S2. The van der Waals surface area contributed by atoms with E-state index in [1.165, 1.54) is 23.5 Å². The van der Waals surface area contributed by atoms with Gasteiger partial charge in [0.15, 0.2) is 0 Å². The minimum absolute atomic E-state index is 0.0390. The summed E-state index contributed by atoms with van der Waals surface area (Å²) in [7, 11) is -3.31. The van der Waals surface area contributed by atoms with Crippen molar-refractivity contribution in [2.75, 3.05) is 26.2 Å². The lowest BCUT2D eigenvalue weighted by molar-refractivity contribution is 0.180. The second kappa shape index (κ2) is 9.86. The average molecular weight is 462 g/mol. The highest BCUT2D eigenvalue weighted by molar-refractivity contribution is 7.88. The maximum Gasteiger partial charge on any atom is 0.218 e. The zero-order valence-electron chi connectivity index (χ0n) is 17.0. The van der Waals surface area contributed by atoms with Crippen molar-refractivity contribution in [2.45, 2.75) is 18.9 Å². The predicted octanol–water partition coefficient (Wildman–Crippen LogP) is 3.51. The molecule has 0 saturated carbocycles. The molecule has 2 aromatic carbocycles. The number of hydrogen-bond acceptors (Lipinski definition) is 6. The molecule has 0 amide bonds. The molecule has 1 aliphatic heterocycles. The Hall–Kier alpha value is -2.33. The van der Waals surface area contributed by atoms with Crippen molar-refractivity contribution in [3.63, 3.8) is 0 Å². The van der Waals surface area contributed by atoms with Crippen LogP contribution in [0.15, 0.2) is 60.0 Å². The smallest absolute Gasteiger partial charge is 0.218 e. The van der Waals surface area contributed by atoms with Gasteiger partial charge in [-0.3, -0.25) is 4.90 Å². The Bertz CT molecular complexity index is 1080. The van der Waals surface area contributed by atoms with Crippen molar-refractivity contribution in [3.8, 4) is 5.75 Å². The molecule has 0 N–H and O–H groups in total. The molecule has 2 heterocycles. The average Bonchev–Trinajstić information content (AvgIpc) is 3.21. The zero-order chi connectivity index (χ0) is 21.7. The van der Waals surface area contributed by atoms with E-state index in [2.05, 4.69) is 9.88 Å². The summed E-state index contributed by atoms with van der Waals surface area (Å²) in [5.41, 5.74) is 1.76. The van der Waals surface area contributed by atoms with E-state index in [-0.39, 0.29) is 11.6 Å². The highest BCUT2D eigenvalue weighted by Crippen LogP contribution is 2.18. The van der Waals surface area contributed by atoms with Crippen LogP contribution in [0.1, 0.15) is 16.3 Å². The van der Waals surface area contributed by atoms with Gasteiger partial charge in [0, 0.05) is 38.1 Å². The summed E-state index contributed by atoms with van der Waals surface area (Å²) in [4.78, 5) is 6.82. The van der Waals surface area contributed by atoms with Crippen LogP contribution in [-0.4, -0.2) is 48.8 Å². The lowest BCUT2D eigenvalue weighted by Crippen LogP contribution is -2.48. The second-order valence-corrected chi connectivity index (χ2v) is 10.3. The van der Waals surface area contributed by atoms with Gasteiger partial charge in [-0.15, -0.1) is 11.3 Å². The Balaban J connectivity index is 1.25. The van der Waals surface area contributed by atoms with Crippen molar-refractivity contribution >= 4 is 21.4 Å². The van der Waals surface area contributed by atoms with E-state index in [9.17, 15) is 12.8 Å². The van der Waals surface area contributed by atoms with Crippen LogP contribution in [0.25, 0.3) is 0 Å². The topological polar surface area (TPSA) is 62.7 Å². The molecular weight excluding hydrogens is 437 g/mol. The van der Waals surface area contributed by atoms with Crippen molar-refractivity contribution in [3.05, 3.63) is 82.1 Å². The van der Waals surface area contributed by atoms with Crippen LogP contribution in [-0.2, 0) is 28.9 Å². The molecule has 31 heavy (non-hydrogen) atoms. The van der Waals surface area contributed by atoms with Gasteiger partial charge in [-0.1, -0.05) is 30.3 Å². The molecule has 0 aliphatic carbocycles. The van der Waals surface area contributed by atoms with Crippen LogP contribution >= 0.6 is 11.3 Å². The molecule has 6 nitrogen and oxygen atoms in total. The number of halogens is 1. The number of aromatic nitrogens is 1. The third kappa shape index (κ3) is 6.10. The number of hydrogen-bond donors (Lipinski definition) is 0. The number of ether oxygens (including phenoxy) is 1. The number of piperazine rings is 1. The molecule has 1 aliphatic rings.